The second-order valence-electron chi connectivity index (χ2n) is 7.47. The van der Waals surface area contributed by atoms with Crippen LogP contribution in [0.25, 0.3) is 0 Å². The second-order valence-corrected chi connectivity index (χ2v) is 7.47. The third-order valence-corrected chi connectivity index (χ3v) is 5.13. The molecule has 1 N–H and O–H groups in total. The number of esters is 1. The van der Waals surface area contributed by atoms with Crippen molar-refractivity contribution in [3.8, 4) is 11.5 Å². The first-order chi connectivity index (χ1) is 11.3. The normalized spacial score (nSPS) is 21.3. The van der Waals surface area contributed by atoms with Crippen molar-refractivity contribution >= 4 is 5.97 Å². The molecule has 126 valence electrons. The van der Waals surface area contributed by atoms with Crippen molar-refractivity contribution in [2.45, 2.75) is 51.4 Å². The summed E-state index contributed by atoms with van der Waals surface area (Å²) in [6.45, 7) is 8.50. The summed E-state index contributed by atoms with van der Waals surface area (Å²) >= 11 is 0. The predicted molar refractivity (Wildman–Crippen MR) is 94.6 cm³/mol. The molecular weight excluding hydrogens is 300 g/mol. The van der Waals surface area contributed by atoms with Gasteiger partial charge < -0.3 is 9.84 Å². The molecule has 1 atom stereocenters. The lowest BCUT2D eigenvalue weighted by Crippen LogP contribution is -2.23. The van der Waals surface area contributed by atoms with Crippen molar-refractivity contribution in [3.05, 3.63) is 59.2 Å². The molecule has 0 heterocycles. The molecule has 0 aliphatic heterocycles. The number of carbonyl (C=O) groups excluding carboxylic acids is 1. The smallest absolute Gasteiger partial charge is 0.310 e. The van der Waals surface area contributed by atoms with Crippen LogP contribution in [0.4, 0.5) is 0 Å². The molecule has 1 aliphatic rings. The molecule has 0 bridgehead atoms. The van der Waals surface area contributed by atoms with E-state index in [9.17, 15) is 9.90 Å². The highest BCUT2D eigenvalue weighted by molar-refractivity contribution is 5.72. The number of hydrogen-bond acceptors (Lipinski definition) is 3. The van der Waals surface area contributed by atoms with Crippen LogP contribution in [0.15, 0.2) is 42.5 Å². The Balaban J connectivity index is 2.11. The van der Waals surface area contributed by atoms with Gasteiger partial charge in [0.15, 0.2) is 0 Å². The summed E-state index contributed by atoms with van der Waals surface area (Å²) in [4.78, 5) is 11.6. The highest BCUT2D eigenvalue weighted by Crippen LogP contribution is 2.53. The zero-order valence-corrected chi connectivity index (χ0v) is 14.7. The van der Waals surface area contributed by atoms with E-state index in [0.29, 0.717) is 12.2 Å². The lowest BCUT2D eigenvalue weighted by molar-refractivity contribution is -0.134. The summed E-state index contributed by atoms with van der Waals surface area (Å²) in [7, 11) is 0. The van der Waals surface area contributed by atoms with Gasteiger partial charge in [-0.15, -0.1) is 0 Å². The van der Waals surface area contributed by atoms with Crippen molar-refractivity contribution in [3.63, 3.8) is 0 Å². The number of phenolic OH excluding ortho intramolecular Hbond substituents is 1. The SMILES string of the molecule is CCC(=O)Oc1ccc2c(c1)C(C)(c1ccc(O)cc1)CC2(C)C. The highest BCUT2D eigenvalue weighted by atomic mass is 16.5. The Kier molecular flexibility index (Phi) is 3.90. The second kappa shape index (κ2) is 5.66. The summed E-state index contributed by atoms with van der Waals surface area (Å²) in [6, 6.07) is 13.4. The summed E-state index contributed by atoms with van der Waals surface area (Å²) < 4.78 is 5.43. The molecule has 24 heavy (non-hydrogen) atoms. The summed E-state index contributed by atoms with van der Waals surface area (Å²) in [5, 5.41) is 9.59. The van der Waals surface area contributed by atoms with Gasteiger partial charge in [-0.25, -0.2) is 0 Å². The Morgan fingerprint density at radius 3 is 2.38 bits per heavy atom. The van der Waals surface area contributed by atoms with Crippen LogP contribution in [0.1, 0.15) is 57.2 Å². The van der Waals surface area contributed by atoms with Gasteiger partial charge in [0.25, 0.3) is 0 Å². The Bertz CT molecular complexity index is 774. The molecule has 0 fully saturated rings. The molecule has 3 heteroatoms. The van der Waals surface area contributed by atoms with Crippen molar-refractivity contribution in [2.24, 2.45) is 0 Å². The van der Waals surface area contributed by atoms with Crippen molar-refractivity contribution < 1.29 is 14.6 Å². The largest absolute Gasteiger partial charge is 0.508 e. The average molecular weight is 324 g/mol. The molecule has 2 aromatic rings. The molecule has 0 saturated carbocycles. The lowest BCUT2D eigenvalue weighted by atomic mass is 9.75. The van der Waals surface area contributed by atoms with E-state index in [1.54, 1.807) is 19.1 Å². The van der Waals surface area contributed by atoms with Crippen LogP contribution in [0.2, 0.25) is 0 Å². The van der Waals surface area contributed by atoms with Crippen LogP contribution in [0.5, 0.6) is 11.5 Å². The van der Waals surface area contributed by atoms with Gasteiger partial charge in [0.2, 0.25) is 0 Å². The maximum atomic E-state index is 11.6. The van der Waals surface area contributed by atoms with E-state index in [0.717, 1.165) is 12.0 Å². The van der Waals surface area contributed by atoms with Crippen LogP contribution in [-0.2, 0) is 15.6 Å². The fourth-order valence-corrected chi connectivity index (χ4v) is 4.00. The fraction of sp³-hybridized carbons (Fsp3) is 0.381. The van der Waals surface area contributed by atoms with Crippen molar-refractivity contribution in [1.82, 2.24) is 0 Å². The van der Waals surface area contributed by atoms with Crippen LogP contribution < -0.4 is 4.74 Å². The summed E-state index contributed by atoms with van der Waals surface area (Å²) in [5.41, 5.74) is 3.50. The van der Waals surface area contributed by atoms with Gasteiger partial charge in [0.1, 0.15) is 11.5 Å². The van der Waals surface area contributed by atoms with E-state index in [1.165, 1.54) is 11.1 Å². The third-order valence-electron chi connectivity index (χ3n) is 5.13. The Hall–Kier alpha value is -2.29. The first-order valence-electron chi connectivity index (χ1n) is 8.41. The van der Waals surface area contributed by atoms with Gasteiger partial charge in [0.05, 0.1) is 0 Å². The number of benzene rings is 2. The quantitative estimate of drug-likeness (QED) is 0.658. The first kappa shape index (κ1) is 16.6. The Morgan fingerprint density at radius 2 is 1.75 bits per heavy atom. The first-order valence-corrected chi connectivity index (χ1v) is 8.41. The van der Waals surface area contributed by atoms with E-state index < -0.39 is 0 Å². The minimum absolute atomic E-state index is 0.0370. The number of fused-ring (bicyclic) bond motifs is 1. The molecule has 0 radical (unpaired) electrons. The third kappa shape index (κ3) is 2.68. The van der Waals surface area contributed by atoms with Gasteiger partial charge in [0, 0.05) is 11.8 Å². The summed E-state index contributed by atoms with van der Waals surface area (Å²) in [5.74, 6) is 0.646. The minimum atomic E-state index is -0.224. The van der Waals surface area contributed by atoms with Crippen molar-refractivity contribution in [1.29, 1.82) is 0 Å². The Morgan fingerprint density at radius 1 is 1.08 bits per heavy atom. The van der Waals surface area contributed by atoms with Gasteiger partial charge in [-0.05, 0) is 52.8 Å². The van der Waals surface area contributed by atoms with Gasteiger partial charge in [-0.1, -0.05) is 45.9 Å². The number of hydrogen-bond donors (Lipinski definition) is 1. The maximum absolute atomic E-state index is 11.6. The number of phenols is 1. The standard InChI is InChI=1S/C21H24O3/c1-5-19(23)24-16-10-11-17-18(12-16)21(4,13-20(17,2)3)14-6-8-15(22)9-7-14/h6-12,22H,5,13H2,1-4H3. The number of ether oxygens (including phenoxy) is 1. The molecule has 0 spiro atoms. The lowest BCUT2D eigenvalue weighted by Gasteiger charge is -2.28. The Labute approximate surface area is 143 Å². The number of aromatic hydroxyl groups is 1. The topological polar surface area (TPSA) is 46.5 Å². The van der Waals surface area contributed by atoms with Crippen LogP contribution in [-0.4, -0.2) is 11.1 Å². The van der Waals surface area contributed by atoms with Crippen molar-refractivity contribution in [2.75, 3.05) is 0 Å². The molecule has 3 rings (SSSR count). The molecule has 1 unspecified atom stereocenters. The maximum Gasteiger partial charge on any atom is 0.310 e. The van der Waals surface area contributed by atoms with Gasteiger partial charge in [-0.2, -0.15) is 0 Å². The number of carbonyl (C=O) groups is 1. The van der Waals surface area contributed by atoms with E-state index >= 15 is 0 Å². The highest BCUT2D eigenvalue weighted by Gasteiger charge is 2.45. The van der Waals surface area contributed by atoms with Crippen LogP contribution in [0.3, 0.4) is 0 Å². The van der Waals surface area contributed by atoms with Crippen LogP contribution in [0, 0.1) is 0 Å². The summed E-state index contributed by atoms with van der Waals surface area (Å²) in [6.07, 6.45) is 1.32. The van der Waals surface area contributed by atoms with Gasteiger partial charge in [-0.3, -0.25) is 4.79 Å². The van der Waals surface area contributed by atoms with Gasteiger partial charge >= 0.3 is 5.97 Å². The monoisotopic (exact) mass is 324 g/mol. The molecule has 0 aromatic heterocycles. The van der Waals surface area contributed by atoms with Crippen LogP contribution >= 0.6 is 0 Å². The molecule has 3 nitrogen and oxygen atoms in total. The van der Waals surface area contributed by atoms with E-state index in [1.807, 2.05) is 24.3 Å². The average Bonchev–Trinajstić information content (AvgIpc) is 2.75. The zero-order valence-electron chi connectivity index (χ0n) is 14.7. The minimum Gasteiger partial charge on any atom is -0.508 e. The molecule has 2 aromatic carbocycles. The molecule has 0 amide bonds. The molecule has 1 aliphatic carbocycles. The number of rotatable bonds is 3. The van der Waals surface area contributed by atoms with E-state index in [-0.39, 0.29) is 22.5 Å². The van der Waals surface area contributed by atoms with E-state index in [2.05, 4.69) is 26.8 Å². The predicted octanol–water partition coefficient (Wildman–Crippen LogP) is 4.69. The molecular formula is C21H24O3. The molecule has 0 saturated heterocycles. The fourth-order valence-electron chi connectivity index (χ4n) is 4.00. The zero-order chi connectivity index (χ0) is 17.5. The van der Waals surface area contributed by atoms with E-state index in [4.69, 9.17) is 4.74 Å².